The molecule has 0 atom stereocenters. The number of benzene rings is 1. The second-order valence-corrected chi connectivity index (χ2v) is 6.63. The Morgan fingerprint density at radius 1 is 1.22 bits per heavy atom. The van der Waals surface area contributed by atoms with Crippen molar-refractivity contribution in [2.75, 3.05) is 0 Å². The van der Waals surface area contributed by atoms with E-state index in [4.69, 9.17) is 9.15 Å². The molecule has 0 spiro atoms. The number of allylic oxidation sites excluding steroid dienone is 1. The predicted molar refractivity (Wildman–Crippen MR) is 103 cm³/mol. The number of rotatable bonds is 7. The molecule has 0 bridgehead atoms. The molecule has 2 aromatic heterocycles. The number of ketones is 1. The summed E-state index contributed by atoms with van der Waals surface area (Å²) < 4.78 is 13.3. The molecule has 5 nitrogen and oxygen atoms in total. The number of carbonyl (C=O) groups is 1. The summed E-state index contributed by atoms with van der Waals surface area (Å²) in [5.74, 6) is 2.06. The first-order valence-corrected chi connectivity index (χ1v) is 9.30. The van der Waals surface area contributed by atoms with Gasteiger partial charge in [-0.25, -0.2) is 0 Å². The van der Waals surface area contributed by atoms with E-state index in [0.29, 0.717) is 18.1 Å². The number of nitrogens with zero attached hydrogens (tertiary/aromatic N) is 2. The molecule has 2 heterocycles. The van der Waals surface area contributed by atoms with Crippen LogP contribution in [0.2, 0.25) is 0 Å². The maximum absolute atomic E-state index is 12.1. The lowest BCUT2D eigenvalue weighted by atomic mass is 10.1. The lowest BCUT2D eigenvalue weighted by molar-refractivity contribution is 0.104. The number of fused-ring (bicyclic) bond motifs is 1. The topological polar surface area (TPSA) is 57.3 Å². The molecule has 3 aromatic rings. The Kier molecular flexibility index (Phi) is 4.92. The van der Waals surface area contributed by atoms with Gasteiger partial charge in [-0.2, -0.15) is 5.10 Å². The summed E-state index contributed by atoms with van der Waals surface area (Å²) in [6.07, 6.45) is 8.46. The Morgan fingerprint density at radius 2 is 2.11 bits per heavy atom. The molecule has 0 unspecified atom stereocenters. The second-order valence-electron chi connectivity index (χ2n) is 6.63. The van der Waals surface area contributed by atoms with Crippen LogP contribution in [0, 0.1) is 0 Å². The SMILES string of the molecule is CCn1ccc(C(=O)/C=C/c2ccc(COc3ccc4c(c3)CCC4)o2)n1. The molecule has 0 saturated carbocycles. The van der Waals surface area contributed by atoms with Gasteiger partial charge < -0.3 is 9.15 Å². The zero-order valence-corrected chi connectivity index (χ0v) is 15.4. The third-order valence-corrected chi connectivity index (χ3v) is 4.75. The third kappa shape index (κ3) is 4.03. The fraction of sp³-hybridized carbons (Fsp3) is 0.273. The van der Waals surface area contributed by atoms with Crippen LogP contribution in [0.4, 0.5) is 0 Å². The van der Waals surface area contributed by atoms with Crippen molar-refractivity contribution in [3.63, 3.8) is 0 Å². The van der Waals surface area contributed by atoms with E-state index in [-0.39, 0.29) is 5.78 Å². The molecule has 1 aliphatic rings. The van der Waals surface area contributed by atoms with E-state index in [1.54, 1.807) is 23.0 Å². The summed E-state index contributed by atoms with van der Waals surface area (Å²) >= 11 is 0. The Bertz CT molecular complexity index is 981. The van der Waals surface area contributed by atoms with Gasteiger partial charge in [0.15, 0.2) is 0 Å². The van der Waals surface area contributed by atoms with Crippen LogP contribution in [0.1, 0.15) is 46.5 Å². The molecule has 0 N–H and O–H groups in total. The Balaban J connectivity index is 1.35. The van der Waals surface area contributed by atoms with Crippen molar-refractivity contribution < 1.29 is 13.9 Å². The minimum absolute atomic E-state index is 0.144. The Morgan fingerprint density at radius 3 is 2.96 bits per heavy atom. The average molecular weight is 362 g/mol. The van der Waals surface area contributed by atoms with Crippen LogP contribution in [-0.4, -0.2) is 15.6 Å². The van der Waals surface area contributed by atoms with E-state index >= 15 is 0 Å². The van der Waals surface area contributed by atoms with Gasteiger partial charge in [0.1, 0.15) is 29.6 Å². The lowest BCUT2D eigenvalue weighted by Gasteiger charge is -2.06. The predicted octanol–water partition coefficient (Wildman–Crippen LogP) is 4.46. The van der Waals surface area contributed by atoms with E-state index in [0.717, 1.165) is 24.5 Å². The van der Waals surface area contributed by atoms with Crippen LogP contribution in [0.15, 0.2) is 53.1 Å². The van der Waals surface area contributed by atoms with Gasteiger partial charge in [0.2, 0.25) is 5.78 Å². The van der Waals surface area contributed by atoms with E-state index in [1.165, 1.54) is 30.0 Å². The van der Waals surface area contributed by atoms with Gasteiger partial charge >= 0.3 is 0 Å². The highest BCUT2D eigenvalue weighted by atomic mass is 16.5. The minimum Gasteiger partial charge on any atom is -0.486 e. The smallest absolute Gasteiger partial charge is 0.206 e. The second kappa shape index (κ2) is 7.66. The van der Waals surface area contributed by atoms with E-state index in [9.17, 15) is 4.79 Å². The van der Waals surface area contributed by atoms with Crippen LogP contribution < -0.4 is 4.74 Å². The number of hydrogen-bond acceptors (Lipinski definition) is 4. The van der Waals surface area contributed by atoms with Crippen molar-refractivity contribution in [3.05, 3.63) is 77.0 Å². The van der Waals surface area contributed by atoms with Gasteiger partial charge in [0, 0.05) is 12.7 Å². The molecule has 0 aliphatic heterocycles. The fourth-order valence-corrected chi connectivity index (χ4v) is 3.27. The average Bonchev–Trinajstić information content (AvgIpc) is 3.44. The highest BCUT2D eigenvalue weighted by molar-refractivity contribution is 6.05. The first-order chi connectivity index (χ1) is 13.2. The summed E-state index contributed by atoms with van der Waals surface area (Å²) in [5, 5.41) is 4.20. The van der Waals surface area contributed by atoms with Crippen molar-refractivity contribution in [1.29, 1.82) is 0 Å². The molecule has 5 heteroatoms. The molecule has 1 aliphatic carbocycles. The molecule has 27 heavy (non-hydrogen) atoms. The van der Waals surface area contributed by atoms with Gasteiger partial charge in [-0.05, 0) is 79.8 Å². The van der Waals surface area contributed by atoms with Crippen LogP contribution in [0.25, 0.3) is 6.08 Å². The van der Waals surface area contributed by atoms with Crippen molar-refractivity contribution >= 4 is 11.9 Å². The highest BCUT2D eigenvalue weighted by Gasteiger charge is 2.11. The molecule has 4 rings (SSSR count). The van der Waals surface area contributed by atoms with Gasteiger partial charge in [-0.1, -0.05) is 6.07 Å². The van der Waals surface area contributed by atoms with Crippen LogP contribution >= 0.6 is 0 Å². The van der Waals surface area contributed by atoms with Crippen molar-refractivity contribution in [2.45, 2.75) is 39.3 Å². The van der Waals surface area contributed by atoms with Crippen molar-refractivity contribution in [3.8, 4) is 5.75 Å². The van der Waals surface area contributed by atoms with Crippen molar-refractivity contribution in [1.82, 2.24) is 9.78 Å². The fourth-order valence-electron chi connectivity index (χ4n) is 3.27. The number of furan rings is 1. The summed E-state index contributed by atoms with van der Waals surface area (Å²) in [7, 11) is 0. The molecule has 0 radical (unpaired) electrons. The number of ether oxygens (including phenoxy) is 1. The van der Waals surface area contributed by atoms with Gasteiger partial charge in [-0.3, -0.25) is 9.48 Å². The molecule has 0 saturated heterocycles. The molecular weight excluding hydrogens is 340 g/mol. The highest BCUT2D eigenvalue weighted by Crippen LogP contribution is 2.26. The summed E-state index contributed by atoms with van der Waals surface area (Å²) in [5.41, 5.74) is 3.25. The van der Waals surface area contributed by atoms with Gasteiger partial charge in [0.05, 0.1) is 0 Å². The van der Waals surface area contributed by atoms with Crippen LogP contribution in [0.5, 0.6) is 5.75 Å². The maximum atomic E-state index is 12.1. The van der Waals surface area contributed by atoms with Gasteiger partial charge in [0.25, 0.3) is 0 Å². The lowest BCUT2D eigenvalue weighted by Crippen LogP contribution is -1.99. The monoisotopic (exact) mass is 362 g/mol. The molecule has 0 fully saturated rings. The Hall–Kier alpha value is -3.08. The zero-order chi connectivity index (χ0) is 18.6. The van der Waals surface area contributed by atoms with Crippen molar-refractivity contribution in [2.24, 2.45) is 0 Å². The standard InChI is InChI=1S/C22H22N2O3/c1-2-24-13-12-21(23-24)22(25)11-10-18-8-9-20(27-18)15-26-19-7-6-16-4-3-5-17(16)14-19/h6-14H,2-5,15H2,1H3/b11-10+. The first-order valence-electron chi connectivity index (χ1n) is 9.30. The molecular formula is C22H22N2O3. The minimum atomic E-state index is -0.144. The third-order valence-electron chi connectivity index (χ3n) is 4.75. The molecule has 0 amide bonds. The van der Waals surface area contributed by atoms with E-state index in [1.807, 2.05) is 25.1 Å². The largest absolute Gasteiger partial charge is 0.486 e. The molecule has 138 valence electrons. The Labute approximate surface area is 158 Å². The van der Waals surface area contributed by atoms with E-state index < -0.39 is 0 Å². The summed E-state index contributed by atoms with van der Waals surface area (Å²) in [6.45, 7) is 3.08. The number of carbonyl (C=O) groups excluding carboxylic acids is 1. The number of aromatic nitrogens is 2. The summed E-state index contributed by atoms with van der Waals surface area (Å²) in [4.78, 5) is 12.1. The number of hydrogen-bond donors (Lipinski definition) is 0. The maximum Gasteiger partial charge on any atom is 0.206 e. The van der Waals surface area contributed by atoms with E-state index in [2.05, 4.69) is 17.2 Å². The zero-order valence-electron chi connectivity index (χ0n) is 15.4. The van der Waals surface area contributed by atoms with Crippen LogP contribution in [-0.2, 0) is 26.0 Å². The van der Waals surface area contributed by atoms with Gasteiger partial charge in [-0.15, -0.1) is 0 Å². The normalized spacial score (nSPS) is 13.2. The summed E-state index contributed by atoms with van der Waals surface area (Å²) in [6, 6.07) is 11.7. The molecule has 1 aromatic carbocycles. The first kappa shape index (κ1) is 17.3. The number of aryl methyl sites for hydroxylation is 3. The van der Waals surface area contributed by atoms with Crippen LogP contribution in [0.3, 0.4) is 0 Å². The quantitative estimate of drug-likeness (QED) is 0.460.